The van der Waals surface area contributed by atoms with E-state index < -0.39 is 23.5 Å². The molecule has 0 aliphatic heterocycles. The molecule has 4 nitrogen and oxygen atoms in total. The smallest absolute Gasteiger partial charge is 0.430 e. The fourth-order valence-corrected chi connectivity index (χ4v) is 4.64. The van der Waals surface area contributed by atoms with Gasteiger partial charge in [0.1, 0.15) is 6.26 Å². The molecule has 0 saturated heterocycles. The van der Waals surface area contributed by atoms with E-state index in [0.29, 0.717) is 41.8 Å². The molecule has 0 bridgehead atoms. The third-order valence-corrected chi connectivity index (χ3v) is 6.73. The highest BCUT2D eigenvalue weighted by Crippen LogP contribution is 2.50. The predicted octanol–water partition coefficient (Wildman–Crippen LogP) is 7.83. The van der Waals surface area contributed by atoms with Gasteiger partial charge in [0.05, 0.1) is 5.69 Å². The molecular weight excluding hydrogens is 522 g/mol. The van der Waals surface area contributed by atoms with Crippen LogP contribution in [0.2, 0.25) is 0 Å². The molecule has 3 aromatic carbocycles. The van der Waals surface area contributed by atoms with Crippen LogP contribution in [0.3, 0.4) is 0 Å². The highest BCUT2D eigenvalue weighted by Gasteiger charge is 2.71. The topological polar surface area (TPSA) is 51.2 Å². The lowest BCUT2D eigenvalue weighted by Gasteiger charge is -2.32. The van der Waals surface area contributed by atoms with Gasteiger partial charge in [-0.3, -0.25) is 0 Å². The van der Waals surface area contributed by atoms with E-state index in [9.17, 15) is 31.4 Å². The molecule has 0 radical (unpaired) electrons. The standard InChI is InChI=1S/C29H22F6N2O2/c1-18-15-22-16-23(27(38,28(30,31)32)29(33,34)35)11-12-25(22)37(18)14-13-24-17-39-26(36-24)21-9-7-20(8-10-21)19-5-3-2-4-6-19/h2-12,15-17,38H,13-14H2,1H3. The number of hydrogen-bond acceptors (Lipinski definition) is 3. The minimum atomic E-state index is -5.94. The number of hydrogen-bond donors (Lipinski definition) is 1. The lowest BCUT2D eigenvalue weighted by molar-refractivity contribution is -0.376. The molecule has 39 heavy (non-hydrogen) atoms. The second-order valence-electron chi connectivity index (χ2n) is 9.25. The maximum Gasteiger partial charge on any atom is 0.430 e. The van der Waals surface area contributed by atoms with Gasteiger partial charge in [0.15, 0.2) is 0 Å². The van der Waals surface area contributed by atoms with Gasteiger partial charge in [0, 0.05) is 40.7 Å². The van der Waals surface area contributed by atoms with Crippen LogP contribution in [0.25, 0.3) is 33.5 Å². The summed E-state index contributed by atoms with van der Waals surface area (Å²) in [6, 6.07) is 21.7. The highest BCUT2D eigenvalue weighted by atomic mass is 19.4. The molecule has 0 saturated carbocycles. The van der Waals surface area contributed by atoms with Gasteiger partial charge < -0.3 is 14.1 Å². The Morgan fingerprint density at radius 2 is 1.41 bits per heavy atom. The Balaban J connectivity index is 1.35. The van der Waals surface area contributed by atoms with Crippen LogP contribution in [0.1, 0.15) is 17.0 Å². The van der Waals surface area contributed by atoms with Gasteiger partial charge in [0.25, 0.3) is 5.60 Å². The molecule has 2 aromatic heterocycles. The lowest BCUT2D eigenvalue weighted by atomic mass is 9.91. The molecule has 2 heterocycles. The van der Waals surface area contributed by atoms with Crippen LogP contribution < -0.4 is 0 Å². The molecule has 0 aliphatic rings. The summed E-state index contributed by atoms with van der Waals surface area (Å²) in [5, 5.41) is 9.89. The van der Waals surface area contributed by atoms with Crippen LogP contribution in [-0.2, 0) is 18.6 Å². The first-order chi connectivity index (χ1) is 18.4. The number of benzene rings is 3. The molecule has 0 atom stereocenters. The van der Waals surface area contributed by atoms with Crippen molar-refractivity contribution in [3.63, 3.8) is 0 Å². The Hall–Kier alpha value is -4.05. The van der Waals surface area contributed by atoms with E-state index in [0.717, 1.165) is 28.8 Å². The molecule has 0 amide bonds. The first-order valence-electron chi connectivity index (χ1n) is 11.9. The first kappa shape index (κ1) is 26.6. The summed E-state index contributed by atoms with van der Waals surface area (Å²) in [7, 11) is 0. The highest BCUT2D eigenvalue weighted by molar-refractivity contribution is 5.82. The lowest BCUT2D eigenvalue weighted by Crippen LogP contribution is -2.53. The average Bonchev–Trinajstić information content (AvgIpc) is 3.49. The maximum atomic E-state index is 13.3. The molecule has 5 aromatic rings. The van der Waals surface area contributed by atoms with Gasteiger partial charge in [-0.1, -0.05) is 48.5 Å². The van der Waals surface area contributed by atoms with E-state index in [1.54, 1.807) is 11.5 Å². The molecule has 0 spiro atoms. The van der Waals surface area contributed by atoms with E-state index in [-0.39, 0.29) is 5.39 Å². The van der Waals surface area contributed by atoms with E-state index >= 15 is 0 Å². The Bertz CT molecular complexity index is 1590. The van der Waals surface area contributed by atoms with Crippen molar-refractivity contribution in [2.24, 2.45) is 0 Å². The number of fused-ring (bicyclic) bond motifs is 1. The molecule has 0 aliphatic carbocycles. The van der Waals surface area contributed by atoms with Gasteiger partial charge in [-0.2, -0.15) is 26.3 Å². The Kier molecular flexibility index (Phi) is 6.54. The normalized spacial score (nSPS) is 12.8. The number of aliphatic hydroxyl groups is 1. The van der Waals surface area contributed by atoms with Crippen LogP contribution in [0.15, 0.2) is 89.5 Å². The summed E-state index contributed by atoms with van der Waals surface area (Å²) in [5.41, 5.74) is -1.63. The SMILES string of the molecule is Cc1cc2cc(C(O)(C(F)(F)F)C(F)(F)F)ccc2n1CCc1coc(-c2ccc(-c3ccccc3)cc2)n1. The Labute approximate surface area is 219 Å². The van der Waals surface area contributed by atoms with Gasteiger partial charge in [-0.15, -0.1) is 0 Å². The number of halogens is 6. The summed E-state index contributed by atoms with van der Waals surface area (Å²) in [5.74, 6) is 0.432. The van der Waals surface area contributed by atoms with Crippen molar-refractivity contribution in [1.29, 1.82) is 0 Å². The van der Waals surface area contributed by atoms with Gasteiger partial charge in [0.2, 0.25) is 5.89 Å². The molecule has 0 unspecified atom stereocenters. The number of alkyl halides is 6. The third kappa shape index (κ3) is 4.80. The fraction of sp³-hybridized carbons (Fsp3) is 0.207. The number of aromatic nitrogens is 2. The van der Waals surface area contributed by atoms with Crippen molar-refractivity contribution in [3.05, 3.63) is 102 Å². The molecule has 5 rings (SSSR count). The monoisotopic (exact) mass is 544 g/mol. The second-order valence-corrected chi connectivity index (χ2v) is 9.25. The van der Waals surface area contributed by atoms with Gasteiger partial charge >= 0.3 is 12.4 Å². The largest absolute Gasteiger partial charge is 0.444 e. The first-order valence-corrected chi connectivity index (χ1v) is 11.9. The Morgan fingerprint density at radius 1 is 0.795 bits per heavy atom. The number of nitrogens with zero attached hydrogens (tertiary/aromatic N) is 2. The van der Waals surface area contributed by atoms with Crippen molar-refractivity contribution in [1.82, 2.24) is 9.55 Å². The molecule has 10 heteroatoms. The quantitative estimate of drug-likeness (QED) is 0.222. The van der Waals surface area contributed by atoms with Crippen molar-refractivity contribution < 1.29 is 35.9 Å². The van der Waals surface area contributed by atoms with Crippen LogP contribution in [-0.4, -0.2) is 27.0 Å². The summed E-state index contributed by atoms with van der Waals surface area (Å²) in [4.78, 5) is 4.53. The van der Waals surface area contributed by atoms with Crippen molar-refractivity contribution in [3.8, 4) is 22.6 Å². The summed E-state index contributed by atoms with van der Waals surface area (Å²) >= 11 is 0. The summed E-state index contributed by atoms with van der Waals surface area (Å²) in [6.45, 7) is 2.05. The molecule has 0 fully saturated rings. The Morgan fingerprint density at radius 3 is 2.05 bits per heavy atom. The van der Waals surface area contributed by atoms with E-state index in [4.69, 9.17) is 4.42 Å². The minimum Gasteiger partial charge on any atom is -0.444 e. The van der Waals surface area contributed by atoms with Crippen LogP contribution in [0.4, 0.5) is 26.3 Å². The van der Waals surface area contributed by atoms with E-state index in [1.807, 2.05) is 54.6 Å². The predicted molar refractivity (Wildman–Crippen MR) is 134 cm³/mol. The summed E-state index contributed by atoms with van der Waals surface area (Å²) < 4.78 is 87.3. The van der Waals surface area contributed by atoms with Crippen LogP contribution in [0, 0.1) is 6.92 Å². The third-order valence-electron chi connectivity index (χ3n) is 6.73. The van der Waals surface area contributed by atoms with Crippen molar-refractivity contribution >= 4 is 10.9 Å². The zero-order valence-corrected chi connectivity index (χ0v) is 20.5. The second kappa shape index (κ2) is 9.60. The summed E-state index contributed by atoms with van der Waals surface area (Å²) in [6.07, 6.45) is -9.95. The van der Waals surface area contributed by atoms with Crippen LogP contribution >= 0.6 is 0 Å². The van der Waals surface area contributed by atoms with E-state index in [2.05, 4.69) is 4.98 Å². The van der Waals surface area contributed by atoms with Gasteiger partial charge in [-0.05, 0) is 48.4 Å². The number of aryl methyl sites for hydroxylation is 3. The maximum absolute atomic E-state index is 13.3. The number of oxazole rings is 1. The number of rotatable bonds is 6. The van der Waals surface area contributed by atoms with Crippen molar-refractivity contribution in [2.75, 3.05) is 0 Å². The zero-order chi connectivity index (χ0) is 28.0. The zero-order valence-electron chi connectivity index (χ0n) is 20.5. The van der Waals surface area contributed by atoms with E-state index in [1.165, 1.54) is 12.3 Å². The van der Waals surface area contributed by atoms with Crippen molar-refractivity contribution in [2.45, 2.75) is 37.8 Å². The van der Waals surface area contributed by atoms with Crippen LogP contribution in [0.5, 0.6) is 0 Å². The molecule has 1 N–H and O–H groups in total. The molecule has 202 valence electrons. The average molecular weight is 544 g/mol. The minimum absolute atomic E-state index is 0.149. The molecular formula is C29H22F6N2O2. The van der Waals surface area contributed by atoms with Gasteiger partial charge in [-0.25, -0.2) is 4.98 Å². The fourth-order valence-electron chi connectivity index (χ4n) is 4.64.